The lowest BCUT2D eigenvalue weighted by atomic mass is 10.00. The van der Waals surface area contributed by atoms with E-state index in [1.54, 1.807) is 13.8 Å². The average Bonchev–Trinajstić information content (AvgIpc) is 2.86. The minimum atomic E-state index is -0.961. The molecule has 1 aromatic carbocycles. The first-order chi connectivity index (χ1) is 19.2. The lowest BCUT2D eigenvalue weighted by Crippen LogP contribution is -2.56. The largest absolute Gasteiger partial charge is 0.460 e. The summed E-state index contributed by atoms with van der Waals surface area (Å²) < 4.78 is 10.5. The number of rotatable bonds is 16. The van der Waals surface area contributed by atoms with Gasteiger partial charge < -0.3 is 20.1 Å². The molecule has 1 rings (SSSR count). The van der Waals surface area contributed by atoms with Gasteiger partial charge in [0, 0.05) is 12.8 Å². The number of benzene rings is 1. The van der Waals surface area contributed by atoms with Crippen LogP contribution in [-0.4, -0.2) is 47.5 Å². The molecule has 4 amide bonds. The van der Waals surface area contributed by atoms with E-state index in [-0.39, 0.29) is 30.8 Å². The fourth-order valence-corrected chi connectivity index (χ4v) is 3.98. The highest BCUT2D eigenvalue weighted by molar-refractivity contribution is 6.00. The zero-order chi connectivity index (χ0) is 31.0. The first kappa shape index (κ1) is 35.6. The van der Waals surface area contributed by atoms with E-state index in [1.165, 1.54) is 0 Å². The number of amides is 4. The second kappa shape index (κ2) is 18.1. The number of carbonyl (C=O) groups is 5. The van der Waals surface area contributed by atoms with Gasteiger partial charge >= 0.3 is 12.1 Å². The van der Waals surface area contributed by atoms with Gasteiger partial charge in [-0.25, -0.2) is 4.79 Å². The summed E-state index contributed by atoms with van der Waals surface area (Å²) >= 11 is 0. The molecule has 1 aromatic rings. The molecule has 0 radical (unpaired) electrons. The Morgan fingerprint density at radius 1 is 0.805 bits per heavy atom. The molecule has 0 saturated heterocycles. The van der Waals surface area contributed by atoms with Gasteiger partial charge in [-0.1, -0.05) is 70.9 Å². The Morgan fingerprint density at radius 2 is 1.41 bits per heavy atom. The fraction of sp³-hybridized carbons (Fsp3) is 0.645. The molecule has 0 spiro atoms. The normalized spacial score (nSPS) is 12.8. The Morgan fingerprint density at radius 3 is 1.98 bits per heavy atom. The number of carbonyl (C=O) groups excluding carboxylic acids is 5. The zero-order valence-corrected chi connectivity index (χ0v) is 25.7. The van der Waals surface area contributed by atoms with Crippen molar-refractivity contribution in [3.8, 4) is 0 Å². The highest BCUT2D eigenvalue weighted by atomic mass is 16.6. The number of unbranched alkanes of at least 4 members (excludes halogenated alkanes) is 3. The highest BCUT2D eigenvalue weighted by Crippen LogP contribution is 2.12. The van der Waals surface area contributed by atoms with Crippen LogP contribution in [-0.2, 0) is 35.3 Å². The van der Waals surface area contributed by atoms with Crippen molar-refractivity contribution in [3.05, 3.63) is 35.9 Å². The van der Waals surface area contributed by atoms with Crippen molar-refractivity contribution < 1.29 is 33.4 Å². The van der Waals surface area contributed by atoms with E-state index >= 15 is 0 Å². The third-order valence-corrected chi connectivity index (χ3v) is 5.99. The maximum atomic E-state index is 13.1. The smallest absolute Gasteiger partial charge is 0.408 e. The third-order valence-electron chi connectivity index (χ3n) is 5.99. The van der Waals surface area contributed by atoms with Gasteiger partial charge in [-0.3, -0.25) is 24.5 Å². The summed E-state index contributed by atoms with van der Waals surface area (Å²) in [6.07, 6.45) is 2.82. The number of hydrogen-bond acceptors (Lipinski definition) is 7. The van der Waals surface area contributed by atoms with Crippen LogP contribution in [0.2, 0.25) is 0 Å². The number of ether oxygens (including phenoxy) is 2. The van der Waals surface area contributed by atoms with Gasteiger partial charge in [0.25, 0.3) is 0 Å². The zero-order valence-electron chi connectivity index (χ0n) is 25.7. The maximum absolute atomic E-state index is 13.1. The topological polar surface area (TPSA) is 140 Å². The third kappa shape index (κ3) is 16.4. The summed E-state index contributed by atoms with van der Waals surface area (Å²) in [6, 6.07) is 7.31. The summed E-state index contributed by atoms with van der Waals surface area (Å²) in [7, 11) is 0. The predicted octanol–water partition coefficient (Wildman–Crippen LogP) is 4.79. The molecule has 41 heavy (non-hydrogen) atoms. The van der Waals surface area contributed by atoms with Gasteiger partial charge in [0.05, 0.1) is 0 Å². The molecule has 0 saturated carbocycles. The minimum absolute atomic E-state index is 0.0611. The fourth-order valence-electron chi connectivity index (χ4n) is 3.98. The molecule has 0 aliphatic carbocycles. The predicted molar refractivity (Wildman–Crippen MR) is 156 cm³/mol. The maximum Gasteiger partial charge on any atom is 0.408 e. The van der Waals surface area contributed by atoms with Gasteiger partial charge in [0.15, 0.2) is 0 Å². The Labute approximate surface area is 244 Å². The molecule has 0 aliphatic heterocycles. The van der Waals surface area contributed by atoms with Crippen molar-refractivity contribution in [1.29, 1.82) is 0 Å². The second-order valence-corrected chi connectivity index (χ2v) is 12.0. The van der Waals surface area contributed by atoms with Gasteiger partial charge in [-0.05, 0) is 57.4 Å². The summed E-state index contributed by atoms with van der Waals surface area (Å²) in [5.74, 6) is -2.01. The molecule has 230 valence electrons. The van der Waals surface area contributed by atoms with Gasteiger partial charge in [-0.2, -0.15) is 0 Å². The molecular formula is C31H49N3O7. The average molecular weight is 576 g/mol. The first-order valence-electron chi connectivity index (χ1n) is 14.5. The number of alkyl carbamates (subject to hydrolysis) is 1. The van der Waals surface area contributed by atoms with Crippen LogP contribution in [0.4, 0.5) is 4.79 Å². The van der Waals surface area contributed by atoms with Crippen LogP contribution in [0.1, 0.15) is 99.0 Å². The molecule has 0 bridgehead atoms. The van der Waals surface area contributed by atoms with Crippen LogP contribution in [0, 0.1) is 11.8 Å². The van der Waals surface area contributed by atoms with Crippen molar-refractivity contribution >= 4 is 29.8 Å². The summed E-state index contributed by atoms with van der Waals surface area (Å²) in [6.45, 7) is 12.9. The molecule has 2 atom stereocenters. The standard InChI is InChI=1S/C31H49N3O7/c1-21(2)19-24(32-30(39)40-20-23-15-11-10-12-16-23)28(37)34-27(22(3)4)29(38)33-25(35)17-13-8-9-14-18-26(36)41-31(5,6)7/h10-12,15-16,21-22,24,27H,8-9,13-14,17-20H2,1-7H3,(H,32,39)(H,34,37)(H,33,35,38)/t24-,27-/m0/s1. The number of nitrogens with one attached hydrogen (secondary N) is 3. The minimum Gasteiger partial charge on any atom is -0.460 e. The van der Waals surface area contributed by atoms with Gasteiger partial charge in [0.2, 0.25) is 17.7 Å². The van der Waals surface area contributed by atoms with Crippen molar-refractivity contribution in [2.45, 2.75) is 118 Å². The van der Waals surface area contributed by atoms with Gasteiger partial charge in [0.1, 0.15) is 24.3 Å². The lowest BCUT2D eigenvalue weighted by Gasteiger charge is -2.25. The van der Waals surface area contributed by atoms with Crippen LogP contribution in [0.3, 0.4) is 0 Å². The molecule has 0 heterocycles. The number of esters is 1. The van der Waals surface area contributed by atoms with E-state index in [9.17, 15) is 24.0 Å². The van der Waals surface area contributed by atoms with Crippen LogP contribution >= 0.6 is 0 Å². The van der Waals surface area contributed by atoms with E-state index in [2.05, 4.69) is 16.0 Å². The number of imide groups is 1. The second-order valence-electron chi connectivity index (χ2n) is 12.0. The molecule has 0 aromatic heterocycles. The number of hydrogen-bond donors (Lipinski definition) is 3. The molecule has 3 N–H and O–H groups in total. The van der Waals surface area contributed by atoms with Crippen LogP contribution < -0.4 is 16.0 Å². The molecule has 0 fully saturated rings. The molecule has 0 aliphatic rings. The molecular weight excluding hydrogens is 526 g/mol. The monoisotopic (exact) mass is 575 g/mol. The van der Waals surface area contributed by atoms with E-state index < -0.39 is 41.5 Å². The van der Waals surface area contributed by atoms with Crippen LogP contribution in [0.25, 0.3) is 0 Å². The molecule has 10 heteroatoms. The highest BCUT2D eigenvalue weighted by Gasteiger charge is 2.30. The summed E-state index contributed by atoms with van der Waals surface area (Å²) in [5.41, 5.74) is 0.310. The van der Waals surface area contributed by atoms with E-state index in [1.807, 2.05) is 65.0 Å². The van der Waals surface area contributed by atoms with Gasteiger partial charge in [-0.15, -0.1) is 0 Å². The van der Waals surface area contributed by atoms with Crippen molar-refractivity contribution in [2.24, 2.45) is 11.8 Å². The van der Waals surface area contributed by atoms with E-state index in [0.717, 1.165) is 18.4 Å². The van der Waals surface area contributed by atoms with Crippen LogP contribution in [0.15, 0.2) is 30.3 Å². The summed E-state index contributed by atoms with van der Waals surface area (Å²) in [5, 5.41) is 7.69. The molecule has 10 nitrogen and oxygen atoms in total. The SMILES string of the molecule is CC(C)C[C@H](NC(=O)OCc1ccccc1)C(=O)N[C@H](C(=O)NC(=O)CCCCCCC(=O)OC(C)(C)C)C(C)C. The van der Waals surface area contributed by atoms with Crippen molar-refractivity contribution in [1.82, 2.24) is 16.0 Å². The van der Waals surface area contributed by atoms with Crippen LogP contribution in [0.5, 0.6) is 0 Å². The summed E-state index contributed by atoms with van der Waals surface area (Å²) in [4.78, 5) is 62.5. The van der Waals surface area contributed by atoms with E-state index in [0.29, 0.717) is 25.7 Å². The Hall–Kier alpha value is -3.43. The Kier molecular flexibility index (Phi) is 15.7. The van der Waals surface area contributed by atoms with E-state index in [4.69, 9.17) is 9.47 Å². The first-order valence-corrected chi connectivity index (χ1v) is 14.5. The van der Waals surface area contributed by atoms with Crippen molar-refractivity contribution in [2.75, 3.05) is 0 Å². The molecule has 0 unspecified atom stereocenters. The van der Waals surface area contributed by atoms with Crippen molar-refractivity contribution in [3.63, 3.8) is 0 Å². The Bertz CT molecular complexity index is 987. The Balaban J connectivity index is 2.54. The lowest BCUT2D eigenvalue weighted by molar-refractivity contribution is -0.155. The quantitative estimate of drug-likeness (QED) is 0.190.